The van der Waals surface area contributed by atoms with Crippen LogP contribution in [0.2, 0.25) is 0 Å². The Labute approximate surface area is 317 Å². The van der Waals surface area contributed by atoms with E-state index in [-0.39, 0.29) is 30.8 Å². The lowest BCUT2D eigenvalue weighted by molar-refractivity contribution is -0.276. The van der Waals surface area contributed by atoms with Gasteiger partial charge in [0.1, 0.15) is 11.5 Å². The third-order valence-electron chi connectivity index (χ3n) is 10.4. The fraction of sp³-hybridized carbons (Fsp3) is 0.311. The zero-order valence-electron chi connectivity index (χ0n) is 30.9. The molecular formula is C45H49N3O6. The molecule has 2 aliphatic heterocycles. The van der Waals surface area contributed by atoms with E-state index >= 15 is 0 Å². The number of nitrogens with zero attached hydrogens (tertiary/aromatic N) is 1. The lowest BCUT2D eigenvalue weighted by atomic mass is 9.89. The first-order chi connectivity index (χ1) is 26.5. The van der Waals surface area contributed by atoms with Crippen molar-refractivity contribution >= 4 is 11.7 Å². The predicted molar refractivity (Wildman–Crippen MR) is 210 cm³/mol. The summed E-state index contributed by atoms with van der Waals surface area (Å²) in [5.41, 5.74) is 6.61. The molecule has 2 amide bonds. The maximum Gasteiger partial charge on any atom is 0.319 e. The average molecular weight is 728 g/mol. The van der Waals surface area contributed by atoms with Crippen LogP contribution in [-0.2, 0) is 27.4 Å². The van der Waals surface area contributed by atoms with Crippen LogP contribution in [0.5, 0.6) is 11.5 Å². The van der Waals surface area contributed by atoms with Gasteiger partial charge in [-0.3, -0.25) is 4.90 Å². The Morgan fingerprint density at radius 1 is 0.833 bits per heavy atom. The third kappa shape index (κ3) is 9.18. The summed E-state index contributed by atoms with van der Waals surface area (Å²) in [6.07, 6.45) is 1.50. The van der Waals surface area contributed by atoms with Crippen molar-refractivity contribution in [3.63, 3.8) is 0 Å². The summed E-state index contributed by atoms with van der Waals surface area (Å²) >= 11 is 0. The average Bonchev–Trinajstić information content (AvgIpc) is 3.65. The second-order valence-corrected chi connectivity index (χ2v) is 14.1. The summed E-state index contributed by atoms with van der Waals surface area (Å²) in [5, 5.41) is 15.5. The largest absolute Gasteiger partial charge is 0.457 e. The van der Waals surface area contributed by atoms with Gasteiger partial charge in [0.15, 0.2) is 6.29 Å². The van der Waals surface area contributed by atoms with Gasteiger partial charge in [-0.1, -0.05) is 97.9 Å². The smallest absolute Gasteiger partial charge is 0.319 e. The molecule has 0 aliphatic carbocycles. The molecular weight excluding hydrogens is 679 g/mol. The molecule has 0 bridgehead atoms. The molecule has 3 N–H and O–H groups in total. The number of ether oxygens (including phenoxy) is 4. The van der Waals surface area contributed by atoms with Gasteiger partial charge in [-0.15, -0.1) is 0 Å². The van der Waals surface area contributed by atoms with Crippen molar-refractivity contribution in [3.05, 3.63) is 150 Å². The minimum Gasteiger partial charge on any atom is -0.457 e. The van der Waals surface area contributed by atoms with Crippen molar-refractivity contribution in [1.29, 1.82) is 0 Å². The van der Waals surface area contributed by atoms with Gasteiger partial charge in [0.05, 0.1) is 25.4 Å². The van der Waals surface area contributed by atoms with E-state index in [1.807, 2.05) is 84.9 Å². The molecule has 2 fully saturated rings. The van der Waals surface area contributed by atoms with Gasteiger partial charge in [0, 0.05) is 43.4 Å². The van der Waals surface area contributed by atoms with E-state index in [0.29, 0.717) is 24.0 Å². The molecule has 9 nitrogen and oxygen atoms in total. The summed E-state index contributed by atoms with van der Waals surface area (Å²) in [4.78, 5) is 15.4. The number of hydrogen-bond donors (Lipinski definition) is 3. The molecule has 7 rings (SSSR count). The summed E-state index contributed by atoms with van der Waals surface area (Å²) in [6.45, 7) is 5.12. The zero-order valence-corrected chi connectivity index (χ0v) is 30.9. The number of aliphatic hydroxyl groups excluding tert-OH is 1. The van der Waals surface area contributed by atoms with Gasteiger partial charge in [0.25, 0.3) is 0 Å². The number of aliphatic hydroxyl groups is 1. The van der Waals surface area contributed by atoms with E-state index in [2.05, 4.69) is 64.9 Å². The van der Waals surface area contributed by atoms with Gasteiger partial charge in [-0.2, -0.15) is 0 Å². The first-order valence-electron chi connectivity index (χ1n) is 18.8. The van der Waals surface area contributed by atoms with Crippen molar-refractivity contribution in [2.75, 3.05) is 32.1 Å². The highest BCUT2D eigenvalue weighted by Gasteiger charge is 2.40. The van der Waals surface area contributed by atoms with Crippen molar-refractivity contribution in [2.45, 2.75) is 57.5 Å². The van der Waals surface area contributed by atoms with Crippen LogP contribution in [0.25, 0.3) is 11.1 Å². The highest BCUT2D eigenvalue weighted by atomic mass is 16.7. The maximum absolute atomic E-state index is 12.9. The summed E-state index contributed by atoms with van der Waals surface area (Å²) in [7, 11) is 1.77. The first kappa shape index (κ1) is 37.3. The molecule has 5 atom stereocenters. The molecule has 5 aromatic carbocycles. The van der Waals surface area contributed by atoms with Crippen LogP contribution in [0.3, 0.4) is 0 Å². The normalized spacial score (nSPS) is 21.4. The number of carbonyl (C=O) groups excluding carboxylic acids is 1. The molecule has 5 aromatic rings. The molecule has 54 heavy (non-hydrogen) atoms. The fourth-order valence-electron chi connectivity index (χ4n) is 7.43. The number of hydrogen-bond acceptors (Lipinski definition) is 7. The lowest BCUT2D eigenvalue weighted by Crippen LogP contribution is -2.46. The Morgan fingerprint density at radius 3 is 2.28 bits per heavy atom. The van der Waals surface area contributed by atoms with Crippen LogP contribution < -0.4 is 15.4 Å². The van der Waals surface area contributed by atoms with Crippen molar-refractivity contribution < 1.29 is 28.8 Å². The van der Waals surface area contributed by atoms with E-state index in [0.717, 1.165) is 71.7 Å². The predicted octanol–water partition coefficient (Wildman–Crippen LogP) is 8.86. The van der Waals surface area contributed by atoms with E-state index in [1.165, 1.54) is 0 Å². The lowest BCUT2D eigenvalue weighted by Gasteiger charge is -2.43. The molecule has 2 heterocycles. The van der Waals surface area contributed by atoms with Gasteiger partial charge in [-0.05, 0) is 83.6 Å². The fourth-order valence-corrected chi connectivity index (χ4v) is 7.43. The first-order valence-corrected chi connectivity index (χ1v) is 18.8. The molecule has 9 heteroatoms. The van der Waals surface area contributed by atoms with Crippen LogP contribution >= 0.6 is 0 Å². The molecule has 0 aromatic heterocycles. The Morgan fingerprint density at radius 2 is 1.54 bits per heavy atom. The van der Waals surface area contributed by atoms with Crippen molar-refractivity contribution in [3.8, 4) is 22.6 Å². The molecule has 0 unspecified atom stereocenters. The molecule has 2 saturated heterocycles. The van der Waals surface area contributed by atoms with Crippen molar-refractivity contribution in [2.24, 2.45) is 5.92 Å². The van der Waals surface area contributed by atoms with Crippen LogP contribution in [0.15, 0.2) is 127 Å². The second-order valence-electron chi connectivity index (χ2n) is 14.1. The minimum absolute atomic E-state index is 0.00475. The monoisotopic (exact) mass is 727 g/mol. The summed E-state index contributed by atoms with van der Waals surface area (Å²) < 4.78 is 24.9. The molecule has 0 spiro atoms. The van der Waals surface area contributed by atoms with Crippen LogP contribution in [0, 0.1) is 5.92 Å². The Balaban J connectivity index is 1.02. The standard InChI is InChI=1S/C45H49N3O6/c1-31-42(28-48-26-8-10-38(48)30-51-2)53-44(54-43(31)34-16-14-32(29-49)15-17-34)35-20-18-33(19-21-35)41-13-7-6-9-36(41)27-46-45(50)47-37-22-24-40(25-23-37)52-39-11-4-3-5-12-39/h3-7,9,11-25,31,38,42-44,49H,8,10,26-30H2,1-2H3,(H2,46,47,50)/t31-,38-,42+,43+,44+/m0/s1. The van der Waals surface area contributed by atoms with E-state index in [9.17, 15) is 9.90 Å². The minimum atomic E-state index is -0.550. The Bertz CT molecular complexity index is 1940. The van der Waals surface area contributed by atoms with Gasteiger partial charge in [-0.25, -0.2) is 4.79 Å². The number of nitrogens with one attached hydrogen (secondary N) is 2. The number of benzene rings is 5. The topological polar surface area (TPSA) is 102 Å². The van der Waals surface area contributed by atoms with Gasteiger partial charge in [0.2, 0.25) is 0 Å². The van der Waals surface area contributed by atoms with E-state index in [1.54, 1.807) is 7.11 Å². The Kier molecular flexibility index (Phi) is 12.3. The number of anilines is 1. The highest BCUT2D eigenvalue weighted by Crippen LogP contribution is 2.42. The Hall–Kier alpha value is -5.03. The van der Waals surface area contributed by atoms with Crippen LogP contribution in [0.1, 0.15) is 54.4 Å². The number of para-hydroxylation sites is 1. The molecule has 280 valence electrons. The maximum atomic E-state index is 12.9. The summed E-state index contributed by atoms with van der Waals surface area (Å²) in [5.74, 6) is 1.55. The van der Waals surface area contributed by atoms with E-state index < -0.39 is 6.29 Å². The number of urea groups is 1. The number of carbonyl (C=O) groups is 1. The third-order valence-corrected chi connectivity index (χ3v) is 10.4. The quantitative estimate of drug-likeness (QED) is 0.111. The molecule has 0 radical (unpaired) electrons. The second kappa shape index (κ2) is 17.9. The SMILES string of the molecule is COC[C@@H]1CCCN1C[C@H]1O[C@@H](c2ccc(-c3ccccc3CNC(=O)Nc3ccc(Oc4ccccc4)cc3)cc2)O[C@@H](c2ccc(CO)cc2)[C@H]1C. The van der Waals surface area contributed by atoms with Crippen LogP contribution in [0.4, 0.5) is 10.5 Å². The molecule has 0 saturated carbocycles. The van der Waals surface area contributed by atoms with E-state index in [4.69, 9.17) is 18.9 Å². The zero-order chi connectivity index (χ0) is 37.3. The number of methoxy groups -OCH3 is 1. The number of amides is 2. The number of rotatable bonds is 13. The van der Waals surface area contributed by atoms with Crippen LogP contribution in [-0.4, -0.2) is 55.0 Å². The van der Waals surface area contributed by atoms with Gasteiger partial charge >= 0.3 is 6.03 Å². The molecule has 2 aliphatic rings. The number of likely N-dealkylation sites (tertiary alicyclic amines) is 1. The van der Waals surface area contributed by atoms with Crippen molar-refractivity contribution in [1.82, 2.24) is 10.2 Å². The summed E-state index contributed by atoms with van der Waals surface area (Å²) in [6, 6.07) is 41.4. The van der Waals surface area contributed by atoms with Gasteiger partial charge < -0.3 is 34.7 Å². The highest BCUT2D eigenvalue weighted by molar-refractivity contribution is 5.89.